The van der Waals surface area contributed by atoms with Gasteiger partial charge in [0.25, 0.3) is 0 Å². The summed E-state index contributed by atoms with van der Waals surface area (Å²) in [5.41, 5.74) is 1.05. The molecule has 1 fully saturated rings. The fourth-order valence-corrected chi connectivity index (χ4v) is 3.56. The molecule has 21 heavy (non-hydrogen) atoms. The molecule has 1 aromatic rings. The van der Waals surface area contributed by atoms with Crippen LogP contribution >= 0.6 is 23.2 Å². The topological polar surface area (TPSA) is 21.3 Å². The number of ether oxygens (including phenoxy) is 1. The smallest absolute Gasteiger partial charge is 0.142 e. The van der Waals surface area contributed by atoms with E-state index in [4.69, 9.17) is 27.9 Å². The normalized spacial score (nSPS) is 17.3. The SMILES string of the molecule is CCOc1c(Cl)cc(Cl)cc1CNC1CCCCCCC1. The maximum atomic E-state index is 6.25. The summed E-state index contributed by atoms with van der Waals surface area (Å²) in [4.78, 5) is 0. The van der Waals surface area contributed by atoms with Gasteiger partial charge in [-0.25, -0.2) is 0 Å². The third-order valence-corrected chi connectivity index (χ3v) is 4.56. The Morgan fingerprint density at radius 3 is 2.43 bits per heavy atom. The molecule has 1 aliphatic carbocycles. The van der Waals surface area contributed by atoms with Gasteiger partial charge in [-0.1, -0.05) is 55.3 Å². The number of benzene rings is 1. The molecule has 0 aliphatic heterocycles. The van der Waals surface area contributed by atoms with E-state index in [0.29, 0.717) is 22.7 Å². The quantitative estimate of drug-likeness (QED) is 0.759. The van der Waals surface area contributed by atoms with Gasteiger partial charge in [-0.2, -0.15) is 0 Å². The van der Waals surface area contributed by atoms with E-state index in [2.05, 4.69) is 5.32 Å². The van der Waals surface area contributed by atoms with E-state index in [-0.39, 0.29) is 0 Å². The highest BCUT2D eigenvalue weighted by Gasteiger charge is 2.14. The van der Waals surface area contributed by atoms with E-state index in [0.717, 1.165) is 17.9 Å². The first-order valence-electron chi connectivity index (χ1n) is 8.04. The third-order valence-electron chi connectivity index (χ3n) is 4.06. The molecule has 0 amide bonds. The minimum absolute atomic E-state index is 0.595. The zero-order valence-electron chi connectivity index (χ0n) is 12.8. The Kier molecular flexibility index (Phi) is 7.15. The predicted molar refractivity (Wildman–Crippen MR) is 90.6 cm³/mol. The average Bonchev–Trinajstić information content (AvgIpc) is 2.41. The zero-order valence-corrected chi connectivity index (χ0v) is 14.3. The van der Waals surface area contributed by atoms with Crippen molar-refractivity contribution in [3.05, 3.63) is 27.7 Å². The lowest BCUT2D eigenvalue weighted by Crippen LogP contribution is -2.29. The highest BCUT2D eigenvalue weighted by molar-refractivity contribution is 6.35. The molecule has 0 spiro atoms. The minimum atomic E-state index is 0.595. The standard InChI is InChI=1S/C17H25Cl2NO/c1-2-21-17-13(10-14(18)11-16(17)19)12-20-15-8-6-4-3-5-7-9-15/h10-11,15,20H,2-9,12H2,1H3. The highest BCUT2D eigenvalue weighted by atomic mass is 35.5. The average molecular weight is 330 g/mol. The summed E-state index contributed by atoms with van der Waals surface area (Å²) in [5, 5.41) is 4.92. The van der Waals surface area contributed by atoms with Gasteiger partial charge in [-0.15, -0.1) is 0 Å². The van der Waals surface area contributed by atoms with Crippen LogP contribution < -0.4 is 10.1 Å². The summed E-state index contributed by atoms with van der Waals surface area (Å²) < 4.78 is 5.68. The lowest BCUT2D eigenvalue weighted by molar-refractivity contribution is 0.332. The second-order valence-corrected chi connectivity index (χ2v) is 6.58. The molecule has 0 unspecified atom stereocenters. The van der Waals surface area contributed by atoms with Gasteiger partial charge in [-0.3, -0.25) is 0 Å². The molecule has 0 atom stereocenters. The molecule has 118 valence electrons. The van der Waals surface area contributed by atoms with E-state index in [1.165, 1.54) is 44.9 Å². The summed E-state index contributed by atoms with van der Waals surface area (Å²) in [6.45, 7) is 3.34. The Bertz CT molecular complexity index is 443. The summed E-state index contributed by atoms with van der Waals surface area (Å²) in [6.07, 6.45) is 9.30. The van der Waals surface area contributed by atoms with E-state index >= 15 is 0 Å². The number of hydrogen-bond acceptors (Lipinski definition) is 2. The van der Waals surface area contributed by atoms with Crippen molar-refractivity contribution >= 4 is 23.2 Å². The molecular weight excluding hydrogens is 305 g/mol. The van der Waals surface area contributed by atoms with Crippen LogP contribution in [0.25, 0.3) is 0 Å². The van der Waals surface area contributed by atoms with Crippen LogP contribution in [0.2, 0.25) is 10.0 Å². The fraction of sp³-hybridized carbons (Fsp3) is 0.647. The Hall–Kier alpha value is -0.440. The third kappa shape index (κ3) is 5.36. The van der Waals surface area contributed by atoms with Gasteiger partial charge in [0, 0.05) is 23.2 Å². The molecule has 4 heteroatoms. The first-order chi connectivity index (χ1) is 10.2. The lowest BCUT2D eigenvalue weighted by atomic mass is 9.96. The van der Waals surface area contributed by atoms with Crippen LogP contribution in [0.1, 0.15) is 57.4 Å². The molecule has 1 aliphatic rings. The Balaban J connectivity index is 2.00. The molecular formula is C17H25Cl2NO. The van der Waals surface area contributed by atoms with Crippen LogP contribution in [0.4, 0.5) is 0 Å². The molecule has 0 bridgehead atoms. The Morgan fingerprint density at radius 2 is 1.76 bits per heavy atom. The van der Waals surface area contributed by atoms with Gasteiger partial charge in [0.2, 0.25) is 0 Å². The Morgan fingerprint density at radius 1 is 1.10 bits per heavy atom. The predicted octanol–water partition coefficient (Wildman–Crippen LogP) is 5.59. The van der Waals surface area contributed by atoms with Crippen molar-refractivity contribution in [1.29, 1.82) is 0 Å². The first-order valence-corrected chi connectivity index (χ1v) is 8.80. The van der Waals surface area contributed by atoms with Gasteiger partial charge >= 0.3 is 0 Å². The molecule has 0 radical (unpaired) electrons. The number of nitrogens with one attached hydrogen (secondary N) is 1. The maximum absolute atomic E-state index is 6.25. The molecule has 1 aromatic carbocycles. The first kappa shape index (κ1) is 16.9. The van der Waals surface area contributed by atoms with Crippen LogP contribution in [0.3, 0.4) is 0 Å². The summed E-state index contributed by atoms with van der Waals surface area (Å²) in [6, 6.07) is 4.29. The minimum Gasteiger partial charge on any atom is -0.492 e. The fourth-order valence-electron chi connectivity index (χ4n) is 2.97. The van der Waals surface area contributed by atoms with Crippen LogP contribution in [0, 0.1) is 0 Å². The summed E-state index contributed by atoms with van der Waals surface area (Å²) >= 11 is 12.4. The largest absolute Gasteiger partial charge is 0.492 e. The van der Waals surface area contributed by atoms with Gasteiger partial charge in [0.15, 0.2) is 0 Å². The number of halogens is 2. The van der Waals surface area contributed by atoms with Gasteiger partial charge in [0.05, 0.1) is 11.6 Å². The zero-order chi connectivity index (χ0) is 15.1. The highest BCUT2D eigenvalue weighted by Crippen LogP contribution is 2.32. The van der Waals surface area contributed by atoms with E-state index in [1.54, 1.807) is 6.07 Å². The van der Waals surface area contributed by atoms with Gasteiger partial charge in [-0.05, 0) is 31.9 Å². The van der Waals surface area contributed by atoms with E-state index in [9.17, 15) is 0 Å². The van der Waals surface area contributed by atoms with E-state index < -0.39 is 0 Å². The van der Waals surface area contributed by atoms with Gasteiger partial charge in [0.1, 0.15) is 5.75 Å². The van der Waals surface area contributed by atoms with Crippen LogP contribution in [0.15, 0.2) is 12.1 Å². The monoisotopic (exact) mass is 329 g/mol. The summed E-state index contributed by atoms with van der Waals surface area (Å²) in [7, 11) is 0. The van der Waals surface area contributed by atoms with Gasteiger partial charge < -0.3 is 10.1 Å². The molecule has 0 aromatic heterocycles. The van der Waals surface area contributed by atoms with Crippen molar-refractivity contribution in [2.75, 3.05) is 6.61 Å². The second kappa shape index (κ2) is 8.87. The van der Waals surface area contributed by atoms with Crippen molar-refractivity contribution in [2.24, 2.45) is 0 Å². The molecule has 0 saturated heterocycles. The van der Waals surface area contributed by atoms with E-state index in [1.807, 2.05) is 13.0 Å². The van der Waals surface area contributed by atoms with Crippen LogP contribution in [0.5, 0.6) is 5.75 Å². The molecule has 1 saturated carbocycles. The van der Waals surface area contributed by atoms with Crippen molar-refractivity contribution < 1.29 is 4.74 Å². The van der Waals surface area contributed by atoms with Crippen molar-refractivity contribution in [3.63, 3.8) is 0 Å². The molecule has 2 rings (SSSR count). The summed E-state index contributed by atoms with van der Waals surface area (Å²) in [5.74, 6) is 0.766. The Labute approximate surface area is 138 Å². The van der Waals surface area contributed by atoms with Crippen molar-refractivity contribution in [1.82, 2.24) is 5.32 Å². The lowest BCUT2D eigenvalue weighted by Gasteiger charge is -2.22. The van der Waals surface area contributed by atoms with Crippen LogP contribution in [-0.2, 0) is 6.54 Å². The van der Waals surface area contributed by atoms with Crippen molar-refractivity contribution in [2.45, 2.75) is 64.5 Å². The number of rotatable bonds is 5. The molecule has 1 N–H and O–H groups in total. The number of hydrogen-bond donors (Lipinski definition) is 1. The van der Waals surface area contributed by atoms with Crippen molar-refractivity contribution in [3.8, 4) is 5.75 Å². The van der Waals surface area contributed by atoms with Crippen LogP contribution in [-0.4, -0.2) is 12.6 Å². The second-order valence-electron chi connectivity index (χ2n) is 5.73. The maximum Gasteiger partial charge on any atom is 0.142 e. The molecule has 2 nitrogen and oxygen atoms in total. The molecule has 0 heterocycles.